The standard InChI is InChI=1S/C29H29N3O3/c1-21-26(27(33)31-25-9-7-22(8-10-25)19-23-11-15-30-16-12-23)29(35-28(21)34)13-17-32(18-14-29)20-24-5-3-2-4-6-24/h2-12,15-16H,13-14,17-20H2,1H3,(H,31,33). The number of aromatic nitrogens is 1. The number of piperidine rings is 1. The fourth-order valence-corrected chi connectivity index (χ4v) is 5.03. The molecule has 6 nitrogen and oxygen atoms in total. The average Bonchev–Trinajstić information content (AvgIpc) is 3.12. The highest BCUT2D eigenvalue weighted by atomic mass is 16.6. The summed E-state index contributed by atoms with van der Waals surface area (Å²) in [6, 6.07) is 22.1. The van der Waals surface area contributed by atoms with Crippen molar-refractivity contribution in [3.8, 4) is 0 Å². The second kappa shape index (κ2) is 9.84. The smallest absolute Gasteiger partial charge is 0.335 e. The number of esters is 1. The van der Waals surface area contributed by atoms with Gasteiger partial charge in [0, 0.05) is 56.1 Å². The minimum absolute atomic E-state index is 0.258. The number of rotatable bonds is 6. The van der Waals surface area contributed by atoms with Crippen molar-refractivity contribution < 1.29 is 14.3 Å². The van der Waals surface area contributed by atoms with Gasteiger partial charge in [-0.3, -0.25) is 14.7 Å². The molecule has 2 aliphatic rings. The molecule has 1 amide bonds. The van der Waals surface area contributed by atoms with Gasteiger partial charge in [-0.15, -0.1) is 0 Å². The molecule has 0 bridgehead atoms. The first-order valence-corrected chi connectivity index (χ1v) is 12.0. The first kappa shape index (κ1) is 23.0. The Morgan fingerprint density at radius 2 is 1.60 bits per heavy atom. The van der Waals surface area contributed by atoms with E-state index in [2.05, 4.69) is 27.3 Å². The number of ether oxygens (including phenoxy) is 1. The SMILES string of the molecule is CC1=C(C(=O)Nc2ccc(Cc3ccncc3)cc2)C2(CCN(Cc3ccccc3)CC2)OC1=O. The van der Waals surface area contributed by atoms with Crippen molar-refractivity contribution in [2.75, 3.05) is 18.4 Å². The van der Waals surface area contributed by atoms with E-state index in [9.17, 15) is 9.59 Å². The minimum atomic E-state index is -0.847. The second-order valence-corrected chi connectivity index (χ2v) is 9.33. The van der Waals surface area contributed by atoms with Crippen molar-refractivity contribution in [1.29, 1.82) is 0 Å². The van der Waals surface area contributed by atoms with Crippen LogP contribution in [0.4, 0.5) is 5.69 Å². The molecule has 3 heterocycles. The Balaban J connectivity index is 1.25. The van der Waals surface area contributed by atoms with E-state index in [1.807, 2.05) is 54.6 Å². The molecule has 1 saturated heterocycles. The Morgan fingerprint density at radius 3 is 2.29 bits per heavy atom. The maximum absolute atomic E-state index is 13.4. The number of nitrogens with zero attached hydrogens (tertiary/aromatic N) is 2. The van der Waals surface area contributed by atoms with E-state index in [0.29, 0.717) is 29.7 Å². The first-order valence-electron chi connectivity index (χ1n) is 12.0. The van der Waals surface area contributed by atoms with Gasteiger partial charge in [0.1, 0.15) is 5.60 Å². The summed E-state index contributed by atoms with van der Waals surface area (Å²) in [4.78, 5) is 32.3. The number of likely N-dealkylation sites (tertiary alicyclic amines) is 1. The van der Waals surface area contributed by atoms with Gasteiger partial charge in [0.2, 0.25) is 0 Å². The molecule has 0 aliphatic carbocycles. The normalized spacial score (nSPS) is 17.5. The average molecular weight is 468 g/mol. The number of amides is 1. The van der Waals surface area contributed by atoms with E-state index >= 15 is 0 Å². The minimum Gasteiger partial charge on any atom is -0.450 e. The highest BCUT2D eigenvalue weighted by Gasteiger charge is 2.50. The molecule has 3 aromatic rings. The van der Waals surface area contributed by atoms with Crippen LogP contribution in [-0.4, -0.2) is 40.5 Å². The van der Waals surface area contributed by atoms with Gasteiger partial charge in [0.05, 0.1) is 5.57 Å². The zero-order chi connectivity index (χ0) is 24.3. The van der Waals surface area contributed by atoms with Crippen molar-refractivity contribution in [1.82, 2.24) is 9.88 Å². The Bertz CT molecular complexity index is 1230. The highest BCUT2D eigenvalue weighted by molar-refractivity contribution is 6.12. The van der Waals surface area contributed by atoms with Crippen LogP contribution in [0.3, 0.4) is 0 Å². The molecule has 0 unspecified atom stereocenters. The van der Waals surface area contributed by atoms with Crippen LogP contribution >= 0.6 is 0 Å². The van der Waals surface area contributed by atoms with Gasteiger partial charge in [-0.2, -0.15) is 0 Å². The highest BCUT2D eigenvalue weighted by Crippen LogP contribution is 2.41. The van der Waals surface area contributed by atoms with E-state index in [-0.39, 0.29) is 11.9 Å². The van der Waals surface area contributed by atoms with Crippen LogP contribution in [0.2, 0.25) is 0 Å². The van der Waals surface area contributed by atoms with Crippen LogP contribution in [0.15, 0.2) is 90.3 Å². The number of nitrogens with one attached hydrogen (secondary N) is 1. The summed E-state index contributed by atoms with van der Waals surface area (Å²) in [5, 5.41) is 3.00. The van der Waals surface area contributed by atoms with Crippen LogP contribution in [0.5, 0.6) is 0 Å². The molecule has 1 N–H and O–H groups in total. The van der Waals surface area contributed by atoms with E-state index in [0.717, 1.165) is 31.6 Å². The zero-order valence-electron chi connectivity index (χ0n) is 19.9. The third kappa shape index (κ3) is 5.03. The summed E-state index contributed by atoms with van der Waals surface area (Å²) in [6.07, 6.45) is 5.58. The van der Waals surface area contributed by atoms with Gasteiger partial charge in [0.25, 0.3) is 5.91 Å². The molecule has 1 fully saturated rings. The third-order valence-electron chi connectivity index (χ3n) is 6.93. The fourth-order valence-electron chi connectivity index (χ4n) is 5.03. The number of benzene rings is 2. The zero-order valence-corrected chi connectivity index (χ0v) is 19.9. The summed E-state index contributed by atoms with van der Waals surface area (Å²) in [7, 11) is 0. The largest absolute Gasteiger partial charge is 0.450 e. The van der Waals surface area contributed by atoms with Crippen molar-refractivity contribution in [2.24, 2.45) is 0 Å². The van der Waals surface area contributed by atoms with Crippen LogP contribution in [0, 0.1) is 0 Å². The van der Waals surface area contributed by atoms with Crippen molar-refractivity contribution >= 4 is 17.6 Å². The number of anilines is 1. The van der Waals surface area contributed by atoms with Gasteiger partial charge in [0.15, 0.2) is 0 Å². The summed E-state index contributed by atoms with van der Waals surface area (Å²) in [5.74, 6) is -0.647. The maximum Gasteiger partial charge on any atom is 0.335 e. The van der Waals surface area contributed by atoms with E-state index in [1.165, 1.54) is 11.1 Å². The summed E-state index contributed by atoms with van der Waals surface area (Å²) in [6.45, 7) is 4.06. The lowest BCUT2D eigenvalue weighted by Gasteiger charge is -2.39. The Hall–Kier alpha value is -3.77. The van der Waals surface area contributed by atoms with Crippen LogP contribution in [0.25, 0.3) is 0 Å². The van der Waals surface area contributed by atoms with Crippen molar-refractivity contribution in [3.63, 3.8) is 0 Å². The topological polar surface area (TPSA) is 71.5 Å². The third-order valence-corrected chi connectivity index (χ3v) is 6.93. The molecule has 6 heteroatoms. The number of pyridine rings is 1. The van der Waals surface area contributed by atoms with Gasteiger partial charge in [-0.1, -0.05) is 42.5 Å². The molecule has 178 valence electrons. The summed E-state index contributed by atoms with van der Waals surface area (Å²) >= 11 is 0. The van der Waals surface area contributed by atoms with Crippen LogP contribution in [-0.2, 0) is 27.3 Å². The van der Waals surface area contributed by atoms with Crippen LogP contribution < -0.4 is 5.32 Å². The van der Waals surface area contributed by atoms with Crippen molar-refractivity contribution in [2.45, 2.75) is 38.3 Å². The molecular weight excluding hydrogens is 438 g/mol. The summed E-state index contributed by atoms with van der Waals surface area (Å²) in [5.41, 5.74) is 4.32. The van der Waals surface area contributed by atoms with Crippen LogP contribution in [0.1, 0.15) is 36.5 Å². The van der Waals surface area contributed by atoms with E-state index in [1.54, 1.807) is 19.3 Å². The van der Waals surface area contributed by atoms with Gasteiger partial charge < -0.3 is 10.1 Å². The number of carbonyl (C=O) groups is 2. The maximum atomic E-state index is 13.4. The molecule has 0 saturated carbocycles. The summed E-state index contributed by atoms with van der Waals surface area (Å²) < 4.78 is 5.85. The quantitative estimate of drug-likeness (QED) is 0.540. The predicted molar refractivity (Wildman–Crippen MR) is 135 cm³/mol. The molecule has 1 spiro atoms. The fraction of sp³-hybridized carbons (Fsp3) is 0.276. The first-order chi connectivity index (χ1) is 17.0. The lowest BCUT2D eigenvalue weighted by Crippen LogP contribution is -2.47. The monoisotopic (exact) mass is 467 g/mol. The lowest BCUT2D eigenvalue weighted by atomic mass is 9.82. The van der Waals surface area contributed by atoms with Gasteiger partial charge >= 0.3 is 5.97 Å². The molecule has 0 radical (unpaired) electrons. The number of carbonyl (C=O) groups excluding carboxylic acids is 2. The van der Waals surface area contributed by atoms with Gasteiger partial charge in [-0.05, 0) is 54.3 Å². The Morgan fingerprint density at radius 1 is 0.943 bits per heavy atom. The molecule has 2 aromatic carbocycles. The van der Waals surface area contributed by atoms with E-state index in [4.69, 9.17) is 4.74 Å². The Kier molecular flexibility index (Phi) is 6.47. The number of hydrogen-bond donors (Lipinski definition) is 1. The molecule has 5 rings (SSSR count). The number of hydrogen-bond acceptors (Lipinski definition) is 5. The van der Waals surface area contributed by atoms with E-state index < -0.39 is 5.60 Å². The van der Waals surface area contributed by atoms with Crippen molar-refractivity contribution in [3.05, 3.63) is 107 Å². The second-order valence-electron chi connectivity index (χ2n) is 9.33. The molecule has 0 atom stereocenters. The lowest BCUT2D eigenvalue weighted by molar-refractivity contribution is -0.150. The molecular formula is C29H29N3O3. The molecule has 1 aromatic heterocycles. The van der Waals surface area contributed by atoms with Gasteiger partial charge in [-0.25, -0.2) is 4.79 Å². The molecule has 2 aliphatic heterocycles. The Labute approximate surface area is 205 Å². The predicted octanol–water partition coefficient (Wildman–Crippen LogP) is 4.52. The molecule has 35 heavy (non-hydrogen) atoms.